The summed E-state index contributed by atoms with van der Waals surface area (Å²) in [5.74, 6) is 2.02. The predicted molar refractivity (Wildman–Crippen MR) is 68.2 cm³/mol. The Morgan fingerprint density at radius 3 is 2.61 bits per heavy atom. The summed E-state index contributed by atoms with van der Waals surface area (Å²) >= 11 is 0. The van der Waals surface area contributed by atoms with Crippen molar-refractivity contribution in [3.8, 4) is 12.3 Å². The van der Waals surface area contributed by atoms with Crippen LogP contribution in [0.2, 0.25) is 0 Å². The Bertz CT molecular complexity index is 542. The third-order valence-corrected chi connectivity index (χ3v) is 2.46. The van der Waals surface area contributed by atoms with Crippen molar-refractivity contribution in [2.24, 2.45) is 0 Å². The summed E-state index contributed by atoms with van der Waals surface area (Å²) in [6, 6.07) is 4.14. The lowest BCUT2D eigenvalue weighted by Crippen LogP contribution is -2.42. The van der Waals surface area contributed by atoms with Crippen LogP contribution in [0.3, 0.4) is 0 Å². The topological polar surface area (TPSA) is 72.2 Å². The normalized spacial score (nSPS) is 10.6. The van der Waals surface area contributed by atoms with E-state index in [2.05, 4.69) is 11.2 Å². The molecule has 0 heterocycles. The molecule has 0 aromatic heterocycles. The number of amides is 1. The third-order valence-electron chi connectivity index (χ3n) is 2.46. The number of nitro groups is 1. The number of non-ortho nitro benzene ring substituents is 1. The first kappa shape index (κ1) is 13.7. The average Bonchev–Trinajstić information content (AvgIpc) is 2.28. The predicted octanol–water partition coefficient (Wildman–Crippen LogP) is 2.04. The van der Waals surface area contributed by atoms with Crippen LogP contribution in [0, 0.1) is 29.4 Å². The van der Waals surface area contributed by atoms with E-state index in [0.717, 1.165) is 0 Å². The lowest BCUT2D eigenvalue weighted by molar-refractivity contribution is -0.384. The van der Waals surface area contributed by atoms with Gasteiger partial charge in [-0.15, -0.1) is 6.42 Å². The maximum atomic E-state index is 12.0. The molecule has 0 aliphatic carbocycles. The first-order valence-electron chi connectivity index (χ1n) is 5.32. The number of rotatable bonds is 3. The van der Waals surface area contributed by atoms with Crippen molar-refractivity contribution in [2.75, 3.05) is 0 Å². The van der Waals surface area contributed by atoms with Crippen LogP contribution in [-0.2, 0) is 0 Å². The molecule has 0 spiro atoms. The zero-order valence-corrected chi connectivity index (χ0v) is 10.5. The van der Waals surface area contributed by atoms with Gasteiger partial charge in [0.2, 0.25) is 0 Å². The van der Waals surface area contributed by atoms with E-state index < -0.39 is 16.4 Å². The fourth-order valence-electron chi connectivity index (χ4n) is 1.36. The number of carbonyl (C=O) groups is 1. The van der Waals surface area contributed by atoms with E-state index in [9.17, 15) is 14.9 Å². The van der Waals surface area contributed by atoms with E-state index in [0.29, 0.717) is 5.56 Å². The van der Waals surface area contributed by atoms with Crippen molar-refractivity contribution in [3.05, 3.63) is 39.4 Å². The van der Waals surface area contributed by atoms with Crippen LogP contribution in [0.4, 0.5) is 5.69 Å². The number of nitrogens with zero attached hydrogens (tertiary/aromatic N) is 1. The van der Waals surface area contributed by atoms with Crippen molar-refractivity contribution in [3.63, 3.8) is 0 Å². The molecule has 0 saturated carbocycles. The van der Waals surface area contributed by atoms with E-state index in [1.165, 1.54) is 18.2 Å². The number of carbonyl (C=O) groups excluding carboxylic acids is 1. The minimum atomic E-state index is -0.797. The second kappa shape index (κ2) is 4.88. The number of hydrogen-bond donors (Lipinski definition) is 1. The highest BCUT2D eigenvalue weighted by molar-refractivity contribution is 5.96. The maximum absolute atomic E-state index is 12.0. The van der Waals surface area contributed by atoms with Gasteiger partial charge in [0.15, 0.2) is 0 Å². The minimum absolute atomic E-state index is 0.121. The molecular formula is C13H14N2O3. The van der Waals surface area contributed by atoms with Gasteiger partial charge in [0.1, 0.15) is 0 Å². The van der Waals surface area contributed by atoms with Gasteiger partial charge in [-0.05, 0) is 26.3 Å². The fourth-order valence-corrected chi connectivity index (χ4v) is 1.36. The molecular weight excluding hydrogens is 232 g/mol. The molecule has 5 heteroatoms. The van der Waals surface area contributed by atoms with E-state index in [1.807, 2.05) is 0 Å². The average molecular weight is 246 g/mol. The van der Waals surface area contributed by atoms with Gasteiger partial charge < -0.3 is 5.32 Å². The van der Waals surface area contributed by atoms with Crippen molar-refractivity contribution < 1.29 is 9.72 Å². The van der Waals surface area contributed by atoms with Crippen molar-refractivity contribution in [2.45, 2.75) is 26.3 Å². The van der Waals surface area contributed by atoms with Gasteiger partial charge in [0, 0.05) is 17.7 Å². The summed E-state index contributed by atoms with van der Waals surface area (Å²) in [6.07, 6.45) is 5.28. The lowest BCUT2D eigenvalue weighted by Gasteiger charge is -2.20. The molecule has 1 amide bonds. The van der Waals surface area contributed by atoms with Crippen LogP contribution in [0.1, 0.15) is 29.8 Å². The summed E-state index contributed by atoms with van der Waals surface area (Å²) in [6.45, 7) is 5.07. The monoisotopic (exact) mass is 246 g/mol. The number of hydrogen-bond acceptors (Lipinski definition) is 3. The van der Waals surface area contributed by atoms with Gasteiger partial charge in [-0.3, -0.25) is 14.9 Å². The molecule has 0 saturated heterocycles. The minimum Gasteiger partial charge on any atom is -0.336 e. The number of terminal acetylenes is 1. The number of nitrogens with one attached hydrogen (secondary N) is 1. The number of benzene rings is 1. The van der Waals surface area contributed by atoms with Crippen LogP contribution in [-0.4, -0.2) is 16.4 Å². The summed E-state index contributed by atoms with van der Waals surface area (Å²) < 4.78 is 0. The van der Waals surface area contributed by atoms with E-state index in [-0.39, 0.29) is 11.3 Å². The summed E-state index contributed by atoms with van der Waals surface area (Å²) in [4.78, 5) is 22.1. The highest BCUT2D eigenvalue weighted by atomic mass is 16.6. The van der Waals surface area contributed by atoms with E-state index in [1.54, 1.807) is 20.8 Å². The second-order valence-corrected chi connectivity index (χ2v) is 4.48. The summed E-state index contributed by atoms with van der Waals surface area (Å²) in [5, 5.41) is 13.3. The zero-order valence-electron chi connectivity index (χ0n) is 10.5. The Labute approximate surface area is 105 Å². The van der Waals surface area contributed by atoms with Gasteiger partial charge in [-0.25, -0.2) is 0 Å². The molecule has 0 unspecified atom stereocenters. The van der Waals surface area contributed by atoms with Crippen LogP contribution in [0.5, 0.6) is 0 Å². The smallest absolute Gasteiger partial charge is 0.270 e. The molecule has 18 heavy (non-hydrogen) atoms. The zero-order chi connectivity index (χ0) is 13.9. The highest BCUT2D eigenvalue weighted by Gasteiger charge is 2.21. The highest BCUT2D eigenvalue weighted by Crippen LogP contribution is 2.18. The third kappa shape index (κ3) is 3.08. The summed E-state index contributed by atoms with van der Waals surface area (Å²) in [5.41, 5.74) is -0.00330. The Hall–Kier alpha value is -2.35. The van der Waals surface area contributed by atoms with Gasteiger partial charge in [-0.1, -0.05) is 12.0 Å². The molecule has 1 N–H and O–H groups in total. The van der Waals surface area contributed by atoms with Crippen molar-refractivity contribution in [1.29, 1.82) is 0 Å². The number of aryl methyl sites for hydroxylation is 1. The lowest BCUT2D eigenvalue weighted by atomic mass is 10.0. The largest absolute Gasteiger partial charge is 0.336 e. The van der Waals surface area contributed by atoms with E-state index >= 15 is 0 Å². The molecule has 5 nitrogen and oxygen atoms in total. The van der Waals surface area contributed by atoms with E-state index in [4.69, 9.17) is 6.42 Å². The van der Waals surface area contributed by atoms with Crippen molar-refractivity contribution >= 4 is 11.6 Å². The Balaban J connectivity index is 3.10. The molecule has 94 valence electrons. The van der Waals surface area contributed by atoms with Gasteiger partial charge in [-0.2, -0.15) is 0 Å². The van der Waals surface area contributed by atoms with Crippen LogP contribution in [0.15, 0.2) is 18.2 Å². The Morgan fingerprint density at radius 2 is 2.11 bits per heavy atom. The number of nitro benzene ring substituents is 1. The van der Waals surface area contributed by atoms with Gasteiger partial charge in [0.05, 0.1) is 10.5 Å². The molecule has 1 aromatic carbocycles. The Morgan fingerprint density at radius 1 is 1.50 bits per heavy atom. The fraction of sp³-hybridized carbons (Fsp3) is 0.308. The molecule has 0 aliphatic rings. The van der Waals surface area contributed by atoms with Crippen LogP contribution < -0.4 is 5.32 Å². The molecule has 1 rings (SSSR count). The second-order valence-electron chi connectivity index (χ2n) is 4.48. The first-order valence-corrected chi connectivity index (χ1v) is 5.32. The van der Waals surface area contributed by atoms with Crippen LogP contribution >= 0.6 is 0 Å². The molecule has 1 aromatic rings. The quantitative estimate of drug-likeness (QED) is 0.504. The standard InChI is InChI=1S/C13H14N2O3/c1-5-13(3,4)14-12(16)11-8-10(15(17)18)7-6-9(11)2/h1,6-8H,2-4H3,(H,14,16). The molecule has 0 aliphatic heterocycles. The Kier molecular flexibility index (Phi) is 3.72. The first-order chi connectivity index (χ1) is 8.26. The SMILES string of the molecule is C#CC(C)(C)NC(=O)c1cc([N+](=O)[O-])ccc1C. The van der Waals surface area contributed by atoms with Crippen LogP contribution in [0.25, 0.3) is 0 Å². The van der Waals surface area contributed by atoms with Gasteiger partial charge in [0.25, 0.3) is 11.6 Å². The molecule has 0 radical (unpaired) electrons. The molecule has 0 bridgehead atoms. The molecule has 0 fully saturated rings. The van der Waals surface area contributed by atoms with Crippen molar-refractivity contribution in [1.82, 2.24) is 5.32 Å². The maximum Gasteiger partial charge on any atom is 0.270 e. The van der Waals surface area contributed by atoms with Gasteiger partial charge >= 0.3 is 0 Å². The summed E-state index contributed by atoms with van der Waals surface area (Å²) in [7, 11) is 0. The molecule has 0 atom stereocenters.